The highest BCUT2D eigenvalue weighted by Crippen LogP contribution is 2.30. The monoisotopic (exact) mass is 428 g/mol. The number of anilines is 1. The summed E-state index contributed by atoms with van der Waals surface area (Å²) >= 11 is 0. The second-order valence-electron chi connectivity index (χ2n) is 8.72. The summed E-state index contributed by atoms with van der Waals surface area (Å²) in [6, 6.07) is 21.0. The molecule has 166 valence electrons. The molecule has 2 heterocycles. The first kappa shape index (κ1) is 21.0. The van der Waals surface area contributed by atoms with Gasteiger partial charge in [-0.1, -0.05) is 48.5 Å². The predicted octanol–water partition coefficient (Wildman–Crippen LogP) is 4.61. The van der Waals surface area contributed by atoms with Crippen molar-refractivity contribution in [3.8, 4) is 17.3 Å². The van der Waals surface area contributed by atoms with E-state index in [9.17, 15) is 0 Å². The number of nitrogens with zero attached hydrogens (tertiary/aromatic N) is 4. The Hall–Kier alpha value is -2.92. The highest BCUT2D eigenvalue weighted by Gasteiger charge is 2.20. The van der Waals surface area contributed by atoms with E-state index in [1.807, 2.05) is 18.2 Å². The van der Waals surface area contributed by atoms with Crippen LogP contribution < -0.4 is 9.64 Å². The Kier molecular flexibility index (Phi) is 6.63. The normalized spacial score (nSPS) is 16.6. The maximum Gasteiger partial charge on any atom is 0.220 e. The van der Waals surface area contributed by atoms with Gasteiger partial charge in [-0.25, -0.2) is 4.98 Å². The molecule has 1 aliphatic carbocycles. The van der Waals surface area contributed by atoms with E-state index in [0.717, 1.165) is 69.3 Å². The maximum absolute atomic E-state index is 6.26. The summed E-state index contributed by atoms with van der Waals surface area (Å²) < 4.78 is 6.26. The highest BCUT2D eigenvalue weighted by molar-refractivity contribution is 5.56. The van der Waals surface area contributed by atoms with Crippen molar-refractivity contribution >= 4 is 5.69 Å². The van der Waals surface area contributed by atoms with Crippen LogP contribution in [-0.4, -0.2) is 54.2 Å². The summed E-state index contributed by atoms with van der Waals surface area (Å²) in [6.07, 6.45) is 5.47. The number of aromatic nitrogens is 2. The molecule has 1 fully saturated rings. The first-order valence-electron chi connectivity index (χ1n) is 12.0. The first-order valence-corrected chi connectivity index (χ1v) is 12.0. The molecule has 5 rings (SSSR count). The zero-order valence-corrected chi connectivity index (χ0v) is 18.7. The lowest BCUT2D eigenvalue weighted by molar-refractivity contribution is 0.220. The van der Waals surface area contributed by atoms with Crippen LogP contribution in [0.2, 0.25) is 0 Å². The Bertz CT molecular complexity index is 1000. The van der Waals surface area contributed by atoms with Crippen molar-refractivity contribution in [3.05, 3.63) is 71.9 Å². The molecule has 1 aromatic heterocycles. The number of piperazine rings is 1. The smallest absolute Gasteiger partial charge is 0.220 e. The van der Waals surface area contributed by atoms with E-state index in [-0.39, 0.29) is 0 Å². The van der Waals surface area contributed by atoms with E-state index in [1.54, 1.807) is 0 Å². The molecule has 1 saturated heterocycles. The fourth-order valence-corrected chi connectivity index (χ4v) is 4.72. The van der Waals surface area contributed by atoms with Gasteiger partial charge in [0.05, 0.1) is 12.3 Å². The predicted molar refractivity (Wildman–Crippen MR) is 129 cm³/mol. The fraction of sp³-hybridized carbons (Fsp3) is 0.407. The van der Waals surface area contributed by atoms with Gasteiger partial charge in [0, 0.05) is 49.5 Å². The summed E-state index contributed by atoms with van der Waals surface area (Å²) in [5.74, 6) is 1.60. The third-order valence-electron chi connectivity index (χ3n) is 6.53. The van der Waals surface area contributed by atoms with Crippen molar-refractivity contribution in [2.75, 3.05) is 44.2 Å². The molecule has 0 N–H and O–H groups in total. The van der Waals surface area contributed by atoms with Crippen LogP contribution >= 0.6 is 0 Å². The highest BCUT2D eigenvalue weighted by atomic mass is 16.5. The van der Waals surface area contributed by atoms with E-state index < -0.39 is 0 Å². The number of para-hydroxylation sites is 1. The van der Waals surface area contributed by atoms with Crippen LogP contribution in [0.15, 0.2) is 60.7 Å². The number of aryl methyl sites for hydroxylation is 1. The van der Waals surface area contributed by atoms with Crippen molar-refractivity contribution in [1.82, 2.24) is 14.9 Å². The number of benzene rings is 2. The molecule has 2 aromatic carbocycles. The van der Waals surface area contributed by atoms with Gasteiger partial charge in [-0.05, 0) is 44.2 Å². The molecular weight excluding hydrogens is 396 g/mol. The number of rotatable bonds is 7. The van der Waals surface area contributed by atoms with Crippen LogP contribution in [0.5, 0.6) is 5.88 Å². The van der Waals surface area contributed by atoms with Crippen LogP contribution in [0.1, 0.15) is 30.5 Å². The molecular formula is C27H32N4O. The summed E-state index contributed by atoms with van der Waals surface area (Å²) in [4.78, 5) is 14.7. The van der Waals surface area contributed by atoms with Crippen molar-refractivity contribution in [2.45, 2.75) is 32.1 Å². The quantitative estimate of drug-likeness (QED) is 0.514. The van der Waals surface area contributed by atoms with Crippen molar-refractivity contribution in [1.29, 1.82) is 0 Å². The molecule has 32 heavy (non-hydrogen) atoms. The molecule has 1 aliphatic heterocycles. The van der Waals surface area contributed by atoms with Crippen molar-refractivity contribution in [3.63, 3.8) is 0 Å². The van der Waals surface area contributed by atoms with Crippen LogP contribution in [0.3, 0.4) is 0 Å². The van der Waals surface area contributed by atoms with Gasteiger partial charge in [-0.2, -0.15) is 4.98 Å². The second kappa shape index (κ2) is 10.1. The van der Waals surface area contributed by atoms with E-state index in [2.05, 4.69) is 52.3 Å². The van der Waals surface area contributed by atoms with Gasteiger partial charge >= 0.3 is 0 Å². The van der Waals surface area contributed by atoms with Gasteiger partial charge in [0.2, 0.25) is 5.88 Å². The SMILES string of the molecule is c1ccc(-c2nc3c(c(OCCCN4CCN(c5ccccc5)CC4)n2)CCCC3)cc1. The molecule has 5 nitrogen and oxygen atoms in total. The van der Waals surface area contributed by atoms with Gasteiger partial charge in [-0.15, -0.1) is 0 Å². The molecule has 0 saturated carbocycles. The largest absolute Gasteiger partial charge is 0.477 e. The average Bonchev–Trinajstić information content (AvgIpc) is 2.88. The third kappa shape index (κ3) is 4.94. The number of fused-ring (bicyclic) bond motifs is 1. The Morgan fingerprint density at radius 3 is 2.28 bits per heavy atom. The van der Waals surface area contributed by atoms with Crippen LogP contribution in [0, 0.1) is 0 Å². The molecule has 0 unspecified atom stereocenters. The van der Waals surface area contributed by atoms with E-state index >= 15 is 0 Å². The maximum atomic E-state index is 6.26. The minimum Gasteiger partial charge on any atom is -0.477 e. The Morgan fingerprint density at radius 1 is 0.781 bits per heavy atom. The molecule has 3 aromatic rings. The molecule has 0 bridgehead atoms. The number of hydrogen-bond donors (Lipinski definition) is 0. The number of hydrogen-bond acceptors (Lipinski definition) is 5. The fourth-order valence-electron chi connectivity index (χ4n) is 4.72. The lowest BCUT2D eigenvalue weighted by Crippen LogP contribution is -2.46. The van der Waals surface area contributed by atoms with Gasteiger partial charge < -0.3 is 9.64 Å². The van der Waals surface area contributed by atoms with Gasteiger partial charge in [0.25, 0.3) is 0 Å². The Morgan fingerprint density at radius 2 is 1.50 bits per heavy atom. The summed E-state index contributed by atoms with van der Waals surface area (Å²) in [7, 11) is 0. The van der Waals surface area contributed by atoms with Gasteiger partial charge in [0.1, 0.15) is 0 Å². The van der Waals surface area contributed by atoms with Crippen LogP contribution in [0.25, 0.3) is 11.4 Å². The van der Waals surface area contributed by atoms with Crippen molar-refractivity contribution < 1.29 is 4.74 Å². The van der Waals surface area contributed by atoms with Gasteiger partial charge in [-0.3, -0.25) is 4.90 Å². The molecule has 0 spiro atoms. The van der Waals surface area contributed by atoms with Crippen LogP contribution in [-0.2, 0) is 12.8 Å². The topological polar surface area (TPSA) is 41.5 Å². The first-order chi connectivity index (χ1) is 15.9. The Balaban J connectivity index is 1.16. The van der Waals surface area contributed by atoms with Gasteiger partial charge in [0.15, 0.2) is 5.82 Å². The minimum atomic E-state index is 0.705. The summed E-state index contributed by atoms with van der Waals surface area (Å²) in [5, 5.41) is 0. The molecule has 2 aliphatic rings. The summed E-state index contributed by atoms with van der Waals surface area (Å²) in [6.45, 7) is 6.17. The standard InChI is InChI=1S/C27H32N4O/c1-3-10-22(11-4-1)26-28-25-15-8-7-14-24(25)27(29-26)32-21-9-16-30-17-19-31(20-18-30)23-12-5-2-6-13-23/h1-6,10-13H,7-9,14-21H2. The molecule has 0 amide bonds. The minimum absolute atomic E-state index is 0.705. The van der Waals surface area contributed by atoms with Crippen molar-refractivity contribution in [2.24, 2.45) is 0 Å². The lowest BCUT2D eigenvalue weighted by atomic mass is 9.96. The molecule has 0 radical (unpaired) electrons. The molecule has 5 heteroatoms. The molecule has 0 atom stereocenters. The average molecular weight is 429 g/mol. The Labute approximate surface area is 191 Å². The number of ether oxygens (including phenoxy) is 1. The zero-order chi connectivity index (χ0) is 21.6. The summed E-state index contributed by atoms with van der Waals surface area (Å²) in [5.41, 5.74) is 4.80. The lowest BCUT2D eigenvalue weighted by Gasteiger charge is -2.36. The second-order valence-corrected chi connectivity index (χ2v) is 8.72. The van der Waals surface area contributed by atoms with E-state index in [1.165, 1.54) is 29.8 Å². The van der Waals surface area contributed by atoms with Crippen LogP contribution in [0.4, 0.5) is 5.69 Å². The van der Waals surface area contributed by atoms with E-state index in [4.69, 9.17) is 14.7 Å². The van der Waals surface area contributed by atoms with E-state index in [0.29, 0.717) is 6.61 Å². The third-order valence-corrected chi connectivity index (χ3v) is 6.53. The zero-order valence-electron chi connectivity index (χ0n) is 18.7.